The van der Waals surface area contributed by atoms with Crippen LogP contribution >= 0.6 is 0 Å². The molecule has 0 saturated heterocycles. The van der Waals surface area contributed by atoms with Crippen molar-refractivity contribution in [3.05, 3.63) is 30.0 Å². The van der Waals surface area contributed by atoms with Crippen molar-refractivity contribution >= 4 is 23.3 Å². The van der Waals surface area contributed by atoms with E-state index in [1.807, 2.05) is 0 Å². The van der Waals surface area contributed by atoms with Crippen LogP contribution in [0.2, 0.25) is 0 Å². The third-order valence-corrected chi connectivity index (χ3v) is 2.31. The zero-order valence-electron chi connectivity index (χ0n) is 8.52. The number of aromatic nitrogens is 1. The Labute approximate surface area is 128 Å². The Kier molecular flexibility index (Phi) is 4.11. The Bertz CT molecular complexity index is 478. The fourth-order valence-corrected chi connectivity index (χ4v) is 1.59. The SMILES string of the molecule is Cc1c[nH]c2c([B-](F)(F)F)cccc12.[K+]. The predicted molar refractivity (Wildman–Crippen MR) is 51.7 cm³/mol. The number of halogens is 3. The molecule has 0 fully saturated rings. The summed E-state index contributed by atoms with van der Waals surface area (Å²) in [7, 11) is 0. The van der Waals surface area contributed by atoms with Gasteiger partial charge in [-0.2, -0.15) is 0 Å². The molecule has 74 valence electrons. The maximum absolute atomic E-state index is 12.6. The first-order valence-corrected chi connectivity index (χ1v) is 4.26. The molecule has 0 spiro atoms. The average molecular weight is 237 g/mol. The molecule has 0 aliphatic rings. The fraction of sp³-hybridized carbons (Fsp3) is 0.111. The monoisotopic (exact) mass is 237 g/mol. The summed E-state index contributed by atoms with van der Waals surface area (Å²) in [6, 6.07) is 4.23. The molecule has 1 heterocycles. The number of aryl methyl sites for hydroxylation is 1. The first-order valence-electron chi connectivity index (χ1n) is 4.26. The second-order valence-corrected chi connectivity index (χ2v) is 3.32. The zero-order chi connectivity index (χ0) is 10.3. The van der Waals surface area contributed by atoms with Gasteiger partial charge in [0.25, 0.3) is 0 Å². The van der Waals surface area contributed by atoms with Gasteiger partial charge in [-0.25, -0.2) is 0 Å². The minimum absolute atomic E-state index is 0. The van der Waals surface area contributed by atoms with E-state index in [1.54, 1.807) is 19.2 Å². The van der Waals surface area contributed by atoms with E-state index in [-0.39, 0.29) is 56.9 Å². The number of hydrogen-bond donors (Lipinski definition) is 1. The number of hydrogen-bond acceptors (Lipinski definition) is 0. The maximum atomic E-state index is 12.6. The van der Waals surface area contributed by atoms with Crippen LogP contribution < -0.4 is 56.8 Å². The minimum Gasteiger partial charge on any atom is -0.445 e. The second-order valence-electron chi connectivity index (χ2n) is 3.32. The number of aromatic amines is 1. The molecular weight excluding hydrogens is 229 g/mol. The summed E-state index contributed by atoms with van der Waals surface area (Å²) in [5.41, 5.74) is 0.481. The van der Waals surface area contributed by atoms with Gasteiger partial charge in [-0.15, -0.1) is 0 Å². The van der Waals surface area contributed by atoms with Crippen molar-refractivity contribution in [2.45, 2.75) is 6.92 Å². The first-order chi connectivity index (χ1) is 6.50. The molecule has 15 heavy (non-hydrogen) atoms. The van der Waals surface area contributed by atoms with Gasteiger partial charge in [0.2, 0.25) is 0 Å². The quantitative estimate of drug-likeness (QED) is 0.646. The van der Waals surface area contributed by atoms with Crippen LogP contribution in [0.4, 0.5) is 12.9 Å². The molecule has 1 aromatic carbocycles. The minimum atomic E-state index is -4.93. The van der Waals surface area contributed by atoms with Gasteiger partial charge in [-0.3, -0.25) is 0 Å². The van der Waals surface area contributed by atoms with Crippen molar-refractivity contribution in [1.29, 1.82) is 0 Å². The van der Waals surface area contributed by atoms with Gasteiger partial charge in [0.15, 0.2) is 0 Å². The van der Waals surface area contributed by atoms with Crippen LogP contribution in [0.25, 0.3) is 10.9 Å². The first kappa shape index (κ1) is 13.3. The van der Waals surface area contributed by atoms with Gasteiger partial charge in [-0.1, -0.05) is 23.7 Å². The third-order valence-electron chi connectivity index (χ3n) is 2.31. The van der Waals surface area contributed by atoms with E-state index in [0.717, 1.165) is 11.6 Å². The zero-order valence-corrected chi connectivity index (χ0v) is 11.6. The van der Waals surface area contributed by atoms with Gasteiger partial charge in [0.05, 0.1) is 0 Å². The topological polar surface area (TPSA) is 15.8 Å². The van der Waals surface area contributed by atoms with Crippen molar-refractivity contribution in [1.82, 2.24) is 4.98 Å². The van der Waals surface area contributed by atoms with Gasteiger partial charge >= 0.3 is 58.4 Å². The van der Waals surface area contributed by atoms with E-state index in [1.165, 1.54) is 6.07 Å². The molecule has 2 aromatic rings. The van der Waals surface area contributed by atoms with E-state index in [9.17, 15) is 12.9 Å². The molecule has 0 amide bonds. The van der Waals surface area contributed by atoms with Crippen molar-refractivity contribution in [2.24, 2.45) is 0 Å². The summed E-state index contributed by atoms with van der Waals surface area (Å²) in [5.74, 6) is 0. The molecule has 1 N–H and O–H groups in total. The van der Waals surface area contributed by atoms with Crippen LogP contribution in [0, 0.1) is 6.92 Å². The summed E-state index contributed by atoms with van der Waals surface area (Å²) >= 11 is 0. The molecule has 0 radical (unpaired) electrons. The van der Waals surface area contributed by atoms with Crippen molar-refractivity contribution in [2.75, 3.05) is 0 Å². The predicted octanol–water partition coefficient (Wildman–Crippen LogP) is -0.465. The van der Waals surface area contributed by atoms with Crippen LogP contribution in [-0.2, 0) is 0 Å². The second kappa shape index (κ2) is 4.63. The number of fused-ring (bicyclic) bond motifs is 1. The molecule has 0 unspecified atom stereocenters. The van der Waals surface area contributed by atoms with Crippen LogP contribution in [-0.4, -0.2) is 12.0 Å². The smallest absolute Gasteiger partial charge is 0.445 e. The van der Waals surface area contributed by atoms with Crippen molar-refractivity contribution < 1.29 is 64.3 Å². The molecule has 0 aliphatic heterocycles. The summed E-state index contributed by atoms with van der Waals surface area (Å²) in [6.45, 7) is -3.15. The Morgan fingerprint density at radius 3 is 2.47 bits per heavy atom. The number of nitrogens with one attached hydrogen (secondary N) is 1. The fourth-order valence-electron chi connectivity index (χ4n) is 1.59. The van der Waals surface area contributed by atoms with Gasteiger partial charge in [0, 0.05) is 11.7 Å². The van der Waals surface area contributed by atoms with Crippen LogP contribution in [0.15, 0.2) is 24.4 Å². The van der Waals surface area contributed by atoms with Gasteiger partial charge in [-0.05, 0) is 17.9 Å². The van der Waals surface area contributed by atoms with E-state index in [4.69, 9.17) is 0 Å². The molecular formula is C9H8BF3KN. The summed E-state index contributed by atoms with van der Waals surface area (Å²) in [4.78, 5) is 2.66. The Morgan fingerprint density at radius 2 is 1.87 bits per heavy atom. The largest absolute Gasteiger partial charge is 1.00 e. The molecule has 2 rings (SSSR count). The number of H-pyrrole nitrogens is 1. The Balaban J connectivity index is 0.00000112. The standard InChI is InChI=1S/C9H8BF3N.K/c1-6-5-14-9-7(6)3-2-4-8(9)10(11,12)13;/h2-5,14H,1H3;/q-1;+1. The Morgan fingerprint density at radius 1 is 1.20 bits per heavy atom. The van der Waals surface area contributed by atoms with E-state index < -0.39 is 12.4 Å². The number of benzene rings is 1. The Hall–Kier alpha value is 0.251. The molecule has 0 bridgehead atoms. The molecule has 0 atom stereocenters. The van der Waals surface area contributed by atoms with Crippen LogP contribution in [0.5, 0.6) is 0 Å². The molecule has 1 nitrogen and oxygen atoms in total. The normalized spacial score (nSPS) is 11.5. The van der Waals surface area contributed by atoms with E-state index in [2.05, 4.69) is 4.98 Å². The van der Waals surface area contributed by atoms with Gasteiger partial charge in [0.1, 0.15) is 0 Å². The third kappa shape index (κ3) is 2.50. The molecule has 1 aromatic heterocycles. The molecule has 0 saturated carbocycles. The van der Waals surface area contributed by atoms with E-state index in [0.29, 0.717) is 5.39 Å². The summed E-state index contributed by atoms with van der Waals surface area (Å²) in [5, 5.41) is 0.640. The number of para-hydroxylation sites is 1. The van der Waals surface area contributed by atoms with Gasteiger partial charge < -0.3 is 17.9 Å². The van der Waals surface area contributed by atoms with Crippen LogP contribution in [0.1, 0.15) is 5.56 Å². The van der Waals surface area contributed by atoms with Crippen molar-refractivity contribution in [3.63, 3.8) is 0 Å². The summed E-state index contributed by atoms with van der Waals surface area (Å²) in [6.07, 6.45) is 1.59. The van der Waals surface area contributed by atoms with Crippen molar-refractivity contribution in [3.8, 4) is 0 Å². The summed E-state index contributed by atoms with van der Waals surface area (Å²) < 4.78 is 37.7. The maximum Gasteiger partial charge on any atom is 1.00 e. The number of rotatable bonds is 1. The molecule has 6 heteroatoms. The molecule has 0 aliphatic carbocycles. The van der Waals surface area contributed by atoms with Crippen LogP contribution in [0.3, 0.4) is 0 Å². The van der Waals surface area contributed by atoms with E-state index >= 15 is 0 Å². The average Bonchev–Trinajstić information content (AvgIpc) is 2.46.